The standard InChI is InChI=1S/C20H13F6S.C8HF17O3S/c21-19(22,23)14-6-10-17(11-7-14)27(16-4-2-1-3-5-16)18-12-8-15(9-13-18)20(24,25)26;9-1(10,3(13,14)5(17,18)7(21,22)23)2(11,12)4(15,16)6(19,20)8(24,25)29(26,27)28/h1-13H;(H,26,27,28)/q+1;/p-1. The topological polar surface area (TPSA) is 57.2 Å². The van der Waals surface area contributed by atoms with E-state index in [1.165, 1.54) is 24.3 Å². The van der Waals surface area contributed by atoms with Crippen molar-refractivity contribution in [3.05, 3.63) is 90.0 Å². The molecule has 0 saturated carbocycles. The number of rotatable bonds is 10. The molecular weight excluding hydrogens is 885 g/mol. The van der Waals surface area contributed by atoms with Crippen molar-refractivity contribution in [3.8, 4) is 0 Å². The van der Waals surface area contributed by atoms with Crippen molar-refractivity contribution in [3.63, 3.8) is 0 Å². The Labute approximate surface area is 299 Å². The maximum Gasteiger partial charge on any atom is 0.460 e. The van der Waals surface area contributed by atoms with Gasteiger partial charge in [-0.15, -0.1) is 0 Å². The molecule has 0 unspecified atom stereocenters. The Bertz CT molecular complexity index is 1840. The minimum absolute atomic E-state index is 0.592. The summed E-state index contributed by atoms with van der Waals surface area (Å²) >= 11 is 0. The highest BCUT2D eigenvalue weighted by Crippen LogP contribution is 2.64. The van der Waals surface area contributed by atoms with Gasteiger partial charge in [-0.3, -0.25) is 0 Å². The lowest BCUT2D eigenvalue weighted by molar-refractivity contribution is -0.458. The average molecular weight is 898 g/mol. The number of hydrogen-bond acceptors (Lipinski definition) is 3. The second kappa shape index (κ2) is 14.9. The summed E-state index contributed by atoms with van der Waals surface area (Å²) in [5, 5.41) is -7.95. The molecule has 0 atom stereocenters. The number of halogens is 23. The van der Waals surface area contributed by atoms with Crippen molar-refractivity contribution in [1.82, 2.24) is 0 Å². The van der Waals surface area contributed by atoms with Gasteiger partial charge in [0.2, 0.25) is 0 Å². The van der Waals surface area contributed by atoms with E-state index in [0.717, 1.165) is 29.2 Å². The minimum Gasteiger partial charge on any atom is -0.743 e. The molecule has 0 aromatic heterocycles. The van der Waals surface area contributed by atoms with E-state index in [4.69, 9.17) is 0 Å². The van der Waals surface area contributed by atoms with E-state index >= 15 is 0 Å². The Morgan fingerprint density at radius 1 is 0.375 bits per heavy atom. The zero-order valence-corrected chi connectivity index (χ0v) is 27.4. The molecule has 0 aliphatic carbocycles. The van der Waals surface area contributed by atoms with Crippen molar-refractivity contribution >= 4 is 21.0 Å². The molecule has 0 fully saturated rings. The molecule has 3 rings (SSSR count). The number of benzene rings is 3. The van der Waals surface area contributed by atoms with Crippen LogP contribution in [0.15, 0.2) is 93.5 Å². The molecule has 0 amide bonds. The van der Waals surface area contributed by atoms with Crippen LogP contribution in [-0.4, -0.2) is 59.9 Å². The molecule has 0 N–H and O–H groups in total. The zero-order chi connectivity index (χ0) is 44.2. The van der Waals surface area contributed by atoms with Gasteiger partial charge in [0.15, 0.2) is 24.8 Å². The summed E-state index contributed by atoms with van der Waals surface area (Å²) < 4.78 is 321. The fraction of sp³-hybridized carbons (Fsp3) is 0.357. The SMILES string of the molecule is FC(F)(F)c1ccc([S+](c2ccccc2)c2ccc(C(F)(F)F)cc2)cc1.O=S(=O)([O-])C(F)(F)C(F)(F)C(F)(F)C(F)(F)C(F)(F)C(F)(F)C(F)(F)C(F)(F)F. The third-order valence-electron chi connectivity index (χ3n) is 6.82. The highest BCUT2D eigenvalue weighted by atomic mass is 32.2. The van der Waals surface area contributed by atoms with Crippen LogP contribution in [0.4, 0.5) is 101 Å². The van der Waals surface area contributed by atoms with E-state index in [0.29, 0.717) is 9.79 Å². The molecule has 56 heavy (non-hydrogen) atoms. The molecule has 3 aromatic carbocycles. The molecule has 0 heterocycles. The van der Waals surface area contributed by atoms with Crippen LogP contribution in [0.1, 0.15) is 11.1 Å². The predicted molar refractivity (Wildman–Crippen MR) is 142 cm³/mol. The van der Waals surface area contributed by atoms with E-state index in [1.807, 2.05) is 0 Å². The van der Waals surface area contributed by atoms with Gasteiger partial charge < -0.3 is 4.55 Å². The van der Waals surface area contributed by atoms with E-state index < -0.39 is 91.5 Å². The van der Waals surface area contributed by atoms with E-state index in [-0.39, 0.29) is 0 Å². The molecule has 0 aliphatic heterocycles. The summed E-state index contributed by atoms with van der Waals surface area (Å²) in [6, 6.07) is 18.4. The zero-order valence-electron chi connectivity index (χ0n) is 25.7. The summed E-state index contributed by atoms with van der Waals surface area (Å²) in [5.74, 6) is -52.1. The fourth-order valence-corrected chi connectivity index (χ4v) is 6.34. The summed E-state index contributed by atoms with van der Waals surface area (Å²) in [4.78, 5) is 1.99. The van der Waals surface area contributed by atoms with Crippen molar-refractivity contribution in [2.24, 2.45) is 0 Å². The van der Waals surface area contributed by atoms with Crippen LogP contribution in [0.5, 0.6) is 0 Å². The molecule has 3 aromatic rings. The van der Waals surface area contributed by atoms with Crippen LogP contribution < -0.4 is 0 Å². The smallest absolute Gasteiger partial charge is 0.460 e. The Morgan fingerprint density at radius 2 is 0.643 bits per heavy atom. The predicted octanol–water partition coefficient (Wildman–Crippen LogP) is 11.3. The van der Waals surface area contributed by atoms with Gasteiger partial charge in [0.05, 0.1) is 22.0 Å². The van der Waals surface area contributed by atoms with Gasteiger partial charge >= 0.3 is 59.3 Å². The van der Waals surface area contributed by atoms with Crippen LogP contribution in [-0.2, 0) is 33.4 Å². The lowest BCUT2D eigenvalue weighted by Crippen LogP contribution is -2.75. The number of alkyl halides is 23. The quantitative estimate of drug-likeness (QED) is 0.116. The van der Waals surface area contributed by atoms with Crippen LogP contribution in [0.2, 0.25) is 0 Å². The highest BCUT2D eigenvalue weighted by Gasteiger charge is 2.95. The Kier molecular flexibility index (Phi) is 12.9. The largest absolute Gasteiger partial charge is 0.743 e. The molecule has 316 valence electrons. The maximum atomic E-state index is 13.0. The van der Waals surface area contributed by atoms with Crippen molar-refractivity contribution in [2.45, 2.75) is 74.0 Å². The molecule has 28 heteroatoms. The molecule has 0 radical (unpaired) electrons. The van der Waals surface area contributed by atoms with Crippen molar-refractivity contribution in [2.75, 3.05) is 0 Å². The van der Waals surface area contributed by atoms with E-state index in [1.54, 1.807) is 30.3 Å². The first-order valence-electron chi connectivity index (χ1n) is 13.5. The first-order valence-corrected chi connectivity index (χ1v) is 16.1. The maximum absolute atomic E-state index is 13.0. The van der Waals surface area contributed by atoms with Gasteiger partial charge in [0.25, 0.3) is 0 Å². The van der Waals surface area contributed by atoms with Gasteiger partial charge in [-0.25, -0.2) is 8.42 Å². The van der Waals surface area contributed by atoms with Gasteiger partial charge in [-0.05, 0) is 60.7 Å². The molecule has 0 bridgehead atoms. The summed E-state index contributed by atoms with van der Waals surface area (Å²) in [6.07, 6.45) is -16.8. The van der Waals surface area contributed by atoms with Crippen LogP contribution in [0, 0.1) is 0 Å². The minimum atomic E-state index is -8.92. The van der Waals surface area contributed by atoms with Crippen molar-refractivity contribution < 1.29 is 114 Å². The van der Waals surface area contributed by atoms with Crippen LogP contribution in [0.25, 0.3) is 0 Å². The lowest BCUT2D eigenvalue weighted by Gasteiger charge is -2.42. The van der Waals surface area contributed by atoms with Crippen LogP contribution >= 0.6 is 0 Å². The third-order valence-corrected chi connectivity index (χ3v) is 9.94. The first kappa shape index (κ1) is 48.5. The third kappa shape index (κ3) is 8.45. The summed E-state index contributed by atoms with van der Waals surface area (Å²) in [5.41, 5.74) is -1.54. The van der Waals surface area contributed by atoms with Gasteiger partial charge in [0, 0.05) is 0 Å². The fourth-order valence-electron chi connectivity index (χ4n) is 3.83. The van der Waals surface area contributed by atoms with Gasteiger partial charge in [-0.1, -0.05) is 18.2 Å². The monoisotopic (exact) mass is 898 g/mol. The van der Waals surface area contributed by atoms with Crippen molar-refractivity contribution in [1.29, 1.82) is 0 Å². The normalized spacial score (nSPS) is 14.7. The second-order valence-electron chi connectivity index (χ2n) is 10.6. The Balaban J connectivity index is 0.000000387. The van der Waals surface area contributed by atoms with Gasteiger partial charge in [-0.2, -0.15) is 101 Å². The lowest BCUT2D eigenvalue weighted by atomic mass is 9.91. The molecule has 0 spiro atoms. The Hall–Kier alpha value is -3.69. The number of hydrogen-bond donors (Lipinski definition) is 0. The Morgan fingerprint density at radius 3 is 0.911 bits per heavy atom. The average Bonchev–Trinajstić information content (AvgIpc) is 3.04. The summed E-state index contributed by atoms with van der Waals surface area (Å²) in [6.45, 7) is 0. The molecular formula is C28H13F23O3S2. The first-order chi connectivity index (χ1) is 24.7. The molecule has 3 nitrogen and oxygen atoms in total. The van der Waals surface area contributed by atoms with Crippen LogP contribution in [0.3, 0.4) is 0 Å². The molecule has 0 aliphatic rings. The van der Waals surface area contributed by atoms with E-state index in [9.17, 15) is 114 Å². The summed E-state index contributed by atoms with van der Waals surface area (Å²) in [7, 11) is -8.96. The highest BCUT2D eigenvalue weighted by molar-refractivity contribution is 7.97. The second-order valence-corrected chi connectivity index (χ2v) is 14.0. The van der Waals surface area contributed by atoms with E-state index in [2.05, 4.69) is 0 Å². The van der Waals surface area contributed by atoms with Gasteiger partial charge in [0.1, 0.15) is 0 Å². The molecule has 0 saturated heterocycles.